The summed E-state index contributed by atoms with van der Waals surface area (Å²) in [7, 11) is 1.90. The molecule has 0 aliphatic rings. The van der Waals surface area contributed by atoms with Crippen LogP contribution in [-0.4, -0.2) is 13.6 Å². The Morgan fingerprint density at radius 1 is 0.778 bits per heavy atom. The minimum absolute atomic E-state index is 0.0762. The summed E-state index contributed by atoms with van der Waals surface area (Å²) >= 11 is 0. The molecule has 0 radical (unpaired) electrons. The zero-order valence-corrected chi connectivity index (χ0v) is 15.6. The second-order valence-electron chi connectivity index (χ2n) is 6.33. The molecular formula is C23H26N2O2. The van der Waals surface area contributed by atoms with Crippen molar-refractivity contribution >= 4 is 0 Å². The molecule has 0 spiro atoms. The summed E-state index contributed by atoms with van der Waals surface area (Å²) in [6, 6.07) is 26.3. The molecule has 1 atom stereocenters. The van der Waals surface area contributed by atoms with Crippen molar-refractivity contribution in [2.75, 3.05) is 13.6 Å². The molecular weight excluding hydrogens is 336 g/mol. The lowest BCUT2D eigenvalue weighted by Crippen LogP contribution is -2.24. The summed E-state index contributed by atoms with van der Waals surface area (Å²) in [5.41, 5.74) is 9.18. The first kappa shape index (κ1) is 19.0. The van der Waals surface area contributed by atoms with E-state index in [2.05, 4.69) is 5.32 Å². The standard InChI is InChI=1S/C23H26N2O2/c1-25-21(15-24)20-12-13-22(26-16-18-8-4-2-5-9-18)23(14-20)27-17-19-10-6-3-7-11-19/h2-14,21,25H,15-17,24H2,1H3. The lowest BCUT2D eigenvalue weighted by molar-refractivity contribution is 0.255. The average molecular weight is 362 g/mol. The van der Waals surface area contributed by atoms with Gasteiger partial charge < -0.3 is 20.5 Å². The molecule has 0 saturated heterocycles. The number of hydrogen-bond acceptors (Lipinski definition) is 4. The molecule has 0 aliphatic carbocycles. The maximum atomic E-state index is 6.10. The third-order valence-corrected chi connectivity index (χ3v) is 4.43. The molecule has 3 rings (SSSR count). The van der Waals surface area contributed by atoms with Crippen molar-refractivity contribution in [3.05, 3.63) is 95.6 Å². The molecule has 0 amide bonds. The van der Waals surface area contributed by atoms with Crippen molar-refractivity contribution in [1.29, 1.82) is 0 Å². The molecule has 0 aliphatic heterocycles. The smallest absolute Gasteiger partial charge is 0.162 e. The molecule has 1 unspecified atom stereocenters. The number of nitrogens with one attached hydrogen (secondary N) is 1. The van der Waals surface area contributed by atoms with Crippen molar-refractivity contribution < 1.29 is 9.47 Å². The Balaban J connectivity index is 1.79. The Kier molecular flexibility index (Phi) is 6.85. The number of hydrogen-bond donors (Lipinski definition) is 2. The molecule has 0 saturated carbocycles. The Labute approximate surface area is 160 Å². The Hall–Kier alpha value is -2.82. The number of rotatable bonds is 9. The first-order valence-electron chi connectivity index (χ1n) is 9.15. The predicted molar refractivity (Wildman–Crippen MR) is 109 cm³/mol. The minimum atomic E-state index is 0.0762. The monoisotopic (exact) mass is 362 g/mol. The Bertz CT molecular complexity index is 818. The van der Waals surface area contributed by atoms with Crippen LogP contribution in [0.2, 0.25) is 0 Å². The van der Waals surface area contributed by atoms with Crippen LogP contribution >= 0.6 is 0 Å². The maximum Gasteiger partial charge on any atom is 0.162 e. The number of ether oxygens (including phenoxy) is 2. The largest absolute Gasteiger partial charge is 0.485 e. The van der Waals surface area contributed by atoms with Gasteiger partial charge in [0.1, 0.15) is 13.2 Å². The van der Waals surface area contributed by atoms with E-state index in [1.165, 1.54) is 0 Å². The van der Waals surface area contributed by atoms with Gasteiger partial charge in [0.05, 0.1) is 0 Å². The van der Waals surface area contributed by atoms with Crippen LogP contribution in [0.5, 0.6) is 11.5 Å². The van der Waals surface area contributed by atoms with Crippen molar-refractivity contribution in [2.45, 2.75) is 19.3 Å². The second kappa shape index (κ2) is 9.76. The fraction of sp³-hybridized carbons (Fsp3) is 0.217. The fourth-order valence-corrected chi connectivity index (χ4v) is 2.86. The van der Waals surface area contributed by atoms with E-state index < -0.39 is 0 Å². The summed E-state index contributed by atoms with van der Waals surface area (Å²) in [6.45, 7) is 1.49. The molecule has 4 nitrogen and oxygen atoms in total. The van der Waals surface area contributed by atoms with Gasteiger partial charge in [0.25, 0.3) is 0 Å². The second-order valence-corrected chi connectivity index (χ2v) is 6.33. The van der Waals surface area contributed by atoms with Crippen LogP contribution < -0.4 is 20.5 Å². The molecule has 0 bridgehead atoms. The van der Waals surface area contributed by atoms with Gasteiger partial charge in [0.2, 0.25) is 0 Å². The molecule has 0 fully saturated rings. The summed E-state index contributed by atoms with van der Waals surface area (Å²) in [5, 5.41) is 3.22. The SMILES string of the molecule is CNC(CN)c1ccc(OCc2ccccc2)c(OCc2ccccc2)c1. The van der Waals surface area contributed by atoms with Crippen LogP contribution in [-0.2, 0) is 13.2 Å². The van der Waals surface area contributed by atoms with Gasteiger partial charge in [-0.25, -0.2) is 0 Å². The van der Waals surface area contributed by atoms with Crippen molar-refractivity contribution in [3.8, 4) is 11.5 Å². The number of nitrogens with two attached hydrogens (primary N) is 1. The Morgan fingerprint density at radius 2 is 1.33 bits per heavy atom. The summed E-state index contributed by atoms with van der Waals surface area (Å²) in [5.74, 6) is 1.45. The van der Waals surface area contributed by atoms with Crippen LogP contribution in [0, 0.1) is 0 Å². The van der Waals surface area contributed by atoms with Crippen molar-refractivity contribution in [1.82, 2.24) is 5.32 Å². The van der Waals surface area contributed by atoms with Gasteiger partial charge in [0.15, 0.2) is 11.5 Å². The van der Waals surface area contributed by atoms with E-state index in [0.717, 1.165) is 28.2 Å². The van der Waals surface area contributed by atoms with Crippen LogP contribution in [0.3, 0.4) is 0 Å². The highest BCUT2D eigenvalue weighted by atomic mass is 16.5. The molecule has 0 aromatic heterocycles. The molecule has 3 N–H and O–H groups in total. The van der Waals surface area contributed by atoms with Crippen LogP contribution in [0.1, 0.15) is 22.7 Å². The normalized spacial score (nSPS) is 11.8. The first-order chi connectivity index (χ1) is 13.3. The third-order valence-electron chi connectivity index (χ3n) is 4.43. The zero-order chi connectivity index (χ0) is 18.9. The van der Waals surface area contributed by atoms with E-state index in [9.17, 15) is 0 Å². The van der Waals surface area contributed by atoms with E-state index >= 15 is 0 Å². The summed E-state index contributed by atoms with van der Waals surface area (Å²) in [4.78, 5) is 0. The quantitative estimate of drug-likeness (QED) is 0.603. The third kappa shape index (κ3) is 5.33. The molecule has 0 heterocycles. The highest BCUT2D eigenvalue weighted by Crippen LogP contribution is 2.32. The van der Waals surface area contributed by atoms with E-state index in [1.807, 2.05) is 85.9 Å². The van der Waals surface area contributed by atoms with Crippen LogP contribution in [0.15, 0.2) is 78.9 Å². The number of benzene rings is 3. The fourth-order valence-electron chi connectivity index (χ4n) is 2.86. The van der Waals surface area contributed by atoms with E-state index in [4.69, 9.17) is 15.2 Å². The lowest BCUT2D eigenvalue weighted by Gasteiger charge is -2.18. The van der Waals surface area contributed by atoms with E-state index in [1.54, 1.807) is 0 Å². The van der Waals surface area contributed by atoms with Gasteiger partial charge in [-0.15, -0.1) is 0 Å². The van der Waals surface area contributed by atoms with Gasteiger partial charge in [-0.3, -0.25) is 0 Å². The number of likely N-dealkylation sites (N-methyl/N-ethyl adjacent to an activating group) is 1. The van der Waals surface area contributed by atoms with Crippen molar-refractivity contribution in [2.24, 2.45) is 5.73 Å². The highest BCUT2D eigenvalue weighted by Gasteiger charge is 2.13. The van der Waals surface area contributed by atoms with Gasteiger partial charge in [-0.1, -0.05) is 66.7 Å². The first-order valence-corrected chi connectivity index (χ1v) is 9.15. The lowest BCUT2D eigenvalue weighted by atomic mass is 10.1. The van der Waals surface area contributed by atoms with Gasteiger partial charge in [-0.05, 0) is 35.9 Å². The topological polar surface area (TPSA) is 56.5 Å². The maximum absolute atomic E-state index is 6.10. The van der Waals surface area contributed by atoms with Gasteiger partial charge in [-0.2, -0.15) is 0 Å². The summed E-state index contributed by atoms with van der Waals surface area (Å²) in [6.07, 6.45) is 0. The van der Waals surface area contributed by atoms with Crippen LogP contribution in [0.4, 0.5) is 0 Å². The molecule has 3 aromatic carbocycles. The van der Waals surface area contributed by atoms with Crippen molar-refractivity contribution in [3.63, 3.8) is 0 Å². The van der Waals surface area contributed by atoms with Gasteiger partial charge in [0, 0.05) is 12.6 Å². The van der Waals surface area contributed by atoms with E-state index in [-0.39, 0.29) is 6.04 Å². The summed E-state index contributed by atoms with van der Waals surface area (Å²) < 4.78 is 12.1. The highest BCUT2D eigenvalue weighted by molar-refractivity contribution is 5.44. The molecule has 4 heteroatoms. The molecule has 140 valence electrons. The van der Waals surface area contributed by atoms with Gasteiger partial charge >= 0.3 is 0 Å². The molecule has 27 heavy (non-hydrogen) atoms. The molecule has 3 aromatic rings. The van der Waals surface area contributed by atoms with Crippen LogP contribution in [0.25, 0.3) is 0 Å². The minimum Gasteiger partial charge on any atom is -0.485 e. The Morgan fingerprint density at radius 3 is 1.85 bits per heavy atom. The predicted octanol–water partition coefficient (Wildman–Crippen LogP) is 4.06. The van der Waals surface area contributed by atoms with E-state index in [0.29, 0.717) is 19.8 Å². The average Bonchev–Trinajstić information content (AvgIpc) is 2.74. The zero-order valence-electron chi connectivity index (χ0n) is 15.6.